The molecule has 4 rings (SSSR count). The number of nitrogens with two attached hydrogens (primary N) is 1. The maximum atomic E-state index is 13.6. The van der Waals surface area contributed by atoms with Gasteiger partial charge in [0.05, 0.1) is 19.4 Å². The van der Waals surface area contributed by atoms with E-state index >= 15 is 0 Å². The van der Waals surface area contributed by atoms with Crippen LogP contribution in [0.25, 0.3) is 0 Å². The molecule has 0 amide bonds. The van der Waals surface area contributed by atoms with Crippen molar-refractivity contribution in [2.45, 2.75) is 49.4 Å². The van der Waals surface area contributed by atoms with Gasteiger partial charge in [0.2, 0.25) is 5.82 Å². The minimum absolute atomic E-state index is 0.0811. The van der Waals surface area contributed by atoms with Crippen LogP contribution in [0.3, 0.4) is 0 Å². The summed E-state index contributed by atoms with van der Waals surface area (Å²) in [6.45, 7) is -1.49. The van der Waals surface area contributed by atoms with E-state index in [0.717, 1.165) is 4.57 Å². The first-order valence-corrected chi connectivity index (χ1v) is 12.2. The van der Waals surface area contributed by atoms with Crippen molar-refractivity contribution < 1.29 is 47.7 Å². The first-order valence-electron chi connectivity index (χ1n) is 10.7. The third-order valence-corrected chi connectivity index (χ3v) is 6.74. The lowest BCUT2D eigenvalue weighted by Gasteiger charge is -2.21. The monoisotopic (exact) mass is 551 g/mol. The number of aliphatic hydroxyl groups excluding tert-OH is 3. The number of aromatic amines is 1. The number of nitrogen functional groups attached to an aromatic ring is 1. The molecule has 0 bridgehead atoms. The Morgan fingerprint density at radius 2 is 1.95 bits per heavy atom. The van der Waals surface area contributed by atoms with Crippen molar-refractivity contribution in [2.24, 2.45) is 0 Å². The summed E-state index contributed by atoms with van der Waals surface area (Å²) in [7, 11) is -4.93. The van der Waals surface area contributed by atoms with E-state index in [2.05, 4.69) is 4.98 Å². The molecule has 2 saturated heterocycles. The van der Waals surface area contributed by atoms with Gasteiger partial charge in [-0.1, -0.05) is 0 Å². The van der Waals surface area contributed by atoms with Gasteiger partial charge in [0.15, 0.2) is 6.23 Å². The van der Waals surface area contributed by atoms with Crippen LogP contribution in [0.1, 0.15) is 18.9 Å². The summed E-state index contributed by atoms with van der Waals surface area (Å²) in [6, 6.07) is 1.26. The lowest BCUT2D eigenvalue weighted by molar-refractivity contribution is -0.0614. The molecular weight excluding hydrogens is 528 g/mol. The Labute approximate surface area is 205 Å². The zero-order valence-electron chi connectivity index (χ0n) is 18.7. The fourth-order valence-corrected chi connectivity index (χ4v) is 4.87. The molecule has 8 atom stereocenters. The first-order chi connectivity index (χ1) is 17.4. The Morgan fingerprint density at radius 1 is 1.22 bits per heavy atom. The average molecular weight is 551 g/mol. The third-order valence-electron chi connectivity index (χ3n) is 5.73. The lowest BCUT2D eigenvalue weighted by atomic mass is 10.1. The molecule has 2 aromatic rings. The number of H-pyrrole nitrogens is 1. The van der Waals surface area contributed by atoms with Crippen LogP contribution < -0.4 is 22.7 Å². The number of halogens is 1. The number of hydrogen-bond acceptors (Lipinski definition) is 13. The van der Waals surface area contributed by atoms with E-state index in [0.29, 0.717) is 10.8 Å². The van der Waals surface area contributed by atoms with Crippen LogP contribution in [0.15, 0.2) is 32.8 Å². The van der Waals surface area contributed by atoms with Crippen molar-refractivity contribution >= 4 is 13.6 Å². The molecule has 1 unspecified atom stereocenters. The molecule has 0 saturated carbocycles. The third kappa shape index (κ3) is 5.71. The number of ether oxygens (including phenoxy) is 2. The van der Waals surface area contributed by atoms with Crippen LogP contribution >= 0.6 is 7.82 Å². The fraction of sp³-hybridized carbons (Fsp3) is 0.556. The van der Waals surface area contributed by atoms with E-state index in [1.54, 1.807) is 4.98 Å². The van der Waals surface area contributed by atoms with Crippen LogP contribution in [0.2, 0.25) is 0 Å². The average Bonchev–Trinajstić information content (AvgIpc) is 3.35. The van der Waals surface area contributed by atoms with E-state index < -0.39 is 86.8 Å². The van der Waals surface area contributed by atoms with Gasteiger partial charge in [0, 0.05) is 12.6 Å². The van der Waals surface area contributed by atoms with E-state index in [1.807, 2.05) is 0 Å². The van der Waals surface area contributed by atoms with Gasteiger partial charge in [-0.15, -0.1) is 0 Å². The Balaban J connectivity index is 1.40. The number of nitrogens with zero attached hydrogens (tertiary/aromatic N) is 3. The van der Waals surface area contributed by atoms with Gasteiger partial charge in [-0.2, -0.15) is 9.37 Å². The molecule has 2 aromatic heterocycles. The topological polar surface area (TPSA) is 251 Å². The molecule has 2 fully saturated rings. The quantitative estimate of drug-likeness (QED) is 0.178. The highest BCUT2D eigenvalue weighted by molar-refractivity contribution is 7.47. The summed E-state index contributed by atoms with van der Waals surface area (Å²) in [5, 5.41) is 30.1. The molecule has 17 nitrogen and oxygen atoms in total. The minimum atomic E-state index is -4.93. The van der Waals surface area contributed by atoms with Crippen molar-refractivity contribution in [1.29, 1.82) is 0 Å². The molecule has 37 heavy (non-hydrogen) atoms. The summed E-state index contributed by atoms with van der Waals surface area (Å²) in [4.78, 5) is 50.6. The van der Waals surface area contributed by atoms with Crippen molar-refractivity contribution in [3.05, 3.63) is 55.6 Å². The molecule has 4 heterocycles. The lowest BCUT2D eigenvalue weighted by Crippen LogP contribution is -2.36. The predicted molar refractivity (Wildman–Crippen MR) is 116 cm³/mol. The fourth-order valence-electron chi connectivity index (χ4n) is 3.91. The largest absolute Gasteiger partial charge is 0.472 e. The molecule has 7 N–H and O–H groups in total. The zero-order valence-corrected chi connectivity index (χ0v) is 19.6. The summed E-state index contributed by atoms with van der Waals surface area (Å²) < 4.78 is 48.5. The van der Waals surface area contributed by atoms with Gasteiger partial charge in [-0.3, -0.25) is 28.0 Å². The number of anilines is 1. The minimum Gasteiger partial charge on any atom is -0.394 e. The molecule has 0 spiro atoms. The van der Waals surface area contributed by atoms with E-state index in [1.165, 1.54) is 12.3 Å². The Kier molecular flexibility index (Phi) is 7.75. The van der Waals surface area contributed by atoms with Gasteiger partial charge in [-0.05, 0) is 6.07 Å². The molecule has 204 valence electrons. The highest BCUT2D eigenvalue weighted by Gasteiger charge is 2.46. The molecule has 0 aromatic carbocycles. The second-order valence-electron chi connectivity index (χ2n) is 8.19. The van der Waals surface area contributed by atoms with E-state index in [9.17, 15) is 43.6 Å². The van der Waals surface area contributed by atoms with Gasteiger partial charge in [-0.25, -0.2) is 14.2 Å². The number of nitrogens with one attached hydrogen (secondary N) is 1. The van der Waals surface area contributed by atoms with Crippen LogP contribution in [0.5, 0.6) is 0 Å². The molecule has 19 heteroatoms. The maximum Gasteiger partial charge on any atom is 0.472 e. The predicted octanol–water partition coefficient (Wildman–Crippen LogP) is -3.08. The standard InChI is InChI=1S/C18H23FN5O12P/c19-7-4-24(18(30)22-15(7)28)12-3-8(9(5-25)34-12)36-37(31,32)33-6-10-13(26)14(27)16(35-10)23-2-1-11(20)21-17(23)29/h1-2,4,8-10,12-14,16,25-27H,3,5-6H2,(H,31,32)(H2,20,21,29)(H,22,28,30)/t8-,9+,10+,12+,13+,14-,16+/m0/s1. The van der Waals surface area contributed by atoms with E-state index in [-0.39, 0.29) is 12.2 Å². The zero-order chi connectivity index (χ0) is 27.1. The van der Waals surface area contributed by atoms with Crippen LogP contribution in [0, 0.1) is 5.82 Å². The van der Waals surface area contributed by atoms with Crippen molar-refractivity contribution in [3.8, 4) is 0 Å². The molecule has 0 radical (unpaired) electrons. The van der Waals surface area contributed by atoms with Gasteiger partial charge in [0.25, 0.3) is 5.56 Å². The first kappa shape index (κ1) is 27.2. The Morgan fingerprint density at radius 3 is 2.62 bits per heavy atom. The SMILES string of the molecule is Nc1ccn([C@@H]2O[C@H](COP(=O)(O)O[C@H]3C[C@H](n4cc(F)c(=O)[nH]c4=O)O[C@@H]3CO)[C@@H](O)[C@@H]2O)c(=O)n1. The summed E-state index contributed by atoms with van der Waals surface area (Å²) in [6.07, 6.45) is -8.42. The highest BCUT2D eigenvalue weighted by atomic mass is 31.2. The molecular formula is C18H23FN5O12P. The second-order valence-corrected chi connectivity index (χ2v) is 9.59. The number of hydrogen-bond donors (Lipinski definition) is 6. The van der Waals surface area contributed by atoms with Crippen molar-refractivity contribution in [1.82, 2.24) is 19.1 Å². The molecule has 2 aliphatic heterocycles. The smallest absolute Gasteiger partial charge is 0.394 e. The second kappa shape index (κ2) is 10.5. The number of rotatable bonds is 8. The van der Waals surface area contributed by atoms with Gasteiger partial charge in [0.1, 0.15) is 42.6 Å². The molecule has 2 aliphatic rings. The van der Waals surface area contributed by atoms with E-state index in [4.69, 9.17) is 24.3 Å². The highest BCUT2D eigenvalue weighted by Crippen LogP contribution is 2.49. The van der Waals surface area contributed by atoms with Crippen LogP contribution in [0.4, 0.5) is 10.2 Å². The van der Waals surface area contributed by atoms with Gasteiger partial charge >= 0.3 is 19.2 Å². The van der Waals surface area contributed by atoms with Crippen LogP contribution in [-0.4, -0.2) is 83.0 Å². The normalized spacial score (nSPS) is 31.4. The van der Waals surface area contributed by atoms with Gasteiger partial charge < -0.3 is 35.4 Å². The number of aromatic nitrogens is 4. The number of phosphoric acid groups is 1. The summed E-state index contributed by atoms with van der Waals surface area (Å²) in [5.41, 5.74) is 2.27. The van der Waals surface area contributed by atoms with Crippen LogP contribution in [-0.2, 0) is 23.1 Å². The van der Waals surface area contributed by atoms with Crippen molar-refractivity contribution in [2.75, 3.05) is 18.9 Å². The number of aliphatic hydroxyl groups is 3. The number of phosphoric ester groups is 1. The molecule has 0 aliphatic carbocycles. The summed E-state index contributed by atoms with van der Waals surface area (Å²) >= 11 is 0. The maximum absolute atomic E-state index is 13.6. The summed E-state index contributed by atoms with van der Waals surface area (Å²) in [5.74, 6) is -1.36. The Bertz CT molecular complexity index is 1370. The Hall–Kier alpha value is -2.80. The van der Waals surface area contributed by atoms with Crippen molar-refractivity contribution in [3.63, 3.8) is 0 Å².